The minimum Gasteiger partial charge on any atom is -0.458 e. The van der Waals surface area contributed by atoms with Gasteiger partial charge in [-0.2, -0.15) is 0 Å². The van der Waals surface area contributed by atoms with Gasteiger partial charge in [0.15, 0.2) is 18.9 Å². The summed E-state index contributed by atoms with van der Waals surface area (Å²) < 4.78 is 46.6. The highest BCUT2D eigenvalue weighted by molar-refractivity contribution is 5.85. The fourth-order valence-corrected chi connectivity index (χ4v) is 13.0. The Labute approximate surface area is 349 Å². The highest BCUT2D eigenvalue weighted by atomic mass is 16.8. The Kier molecular flexibility index (Phi) is 12.9. The van der Waals surface area contributed by atoms with Crippen molar-refractivity contribution in [2.24, 2.45) is 34.5 Å². The predicted octanol–water partition coefficient (Wildman–Crippen LogP) is -1.24. The van der Waals surface area contributed by atoms with Crippen LogP contribution in [0.5, 0.6) is 0 Å². The number of hydrogen-bond acceptors (Lipinski definition) is 18. The number of cyclic esters (lactones) is 1. The molecule has 3 unspecified atom stereocenters. The molecule has 4 heterocycles. The third-order valence-electron chi connectivity index (χ3n) is 16.5. The van der Waals surface area contributed by atoms with Crippen molar-refractivity contribution in [1.29, 1.82) is 0 Å². The molecule has 23 atom stereocenters. The number of esters is 1. The number of carbonyl (C=O) groups excluding carboxylic acids is 1. The first kappa shape index (κ1) is 45.1. The molecular formula is C42H66O18. The zero-order valence-corrected chi connectivity index (χ0v) is 34.8. The summed E-state index contributed by atoms with van der Waals surface area (Å²) in [6, 6.07) is 0. The standard InChI is InChI=1S/C42H66O18/c1-18-35(60-38-33(50)31(48)29(46)26(59-38)17-55-37-32(49)30(47)28(45)25(15-43)58-37)36(53-4)34(51)39(56-18)57-21-7-10-40(2)20(14-21)5-6-24-23(40)8-11-41(3)22(9-12-42(24,41)52)19-13-27(44)54-16-19/h13,18,20-26,28-39,43,45-52H,5-12,14-17H2,1-4H3/t18-,20-,21+,22?,23?,24?,25-,26-,28-,29-,30-,31-,32-,33-,34-,35+,36+,37-,38+,39+,40+,41-,42+/m1/s1. The monoisotopic (exact) mass is 858 g/mol. The largest absolute Gasteiger partial charge is 0.458 e. The molecule has 8 aliphatic rings. The Morgan fingerprint density at radius 1 is 0.733 bits per heavy atom. The minimum atomic E-state index is -1.77. The van der Waals surface area contributed by atoms with Gasteiger partial charge in [0, 0.05) is 18.6 Å². The van der Waals surface area contributed by atoms with Gasteiger partial charge in [0.1, 0.15) is 73.8 Å². The Balaban J connectivity index is 0.875. The Morgan fingerprint density at radius 3 is 2.10 bits per heavy atom. The summed E-state index contributed by atoms with van der Waals surface area (Å²) in [5.74, 6) is 0.725. The SMILES string of the molecule is CO[C@H]1[C@@H](O)[C@H](O[C@H]2CC[C@]3(C)C4CC[C@]5(C)C(C6=CC(=O)OC6)CC[C@]5(O)C4CC[C@@H]3C2)O[C@H](C)[C@@H]1O[C@@H]1O[C@H](CO[C@@H]2O[C@H](CO)[C@@H](O)[C@@H](O)[C@H]2O)[C@@H](O)[C@@H](O)[C@H]1O. The van der Waals surface area contributed by atoms with Crippen molar-refractivity contribution < 1.29 is 88.6 Å². The second-order valence-corrected chi connectivity index (χ2v) is 19.4. The van der Waals surface area contributed by atoms with Gasteiger partial charge in [-0.25, -0.2) is 4.79 Å². The summed E-state index contributed by atoms with van der Waals surface area (Å²) in [6.45, 7) is 5.42. The predicted molar refractivity (Wildman–Crippen MR) is 203 cm³/mol. The summed E-state index contributed by atoms with van der Waals surface area (Å²) in [4.78, 5) is 12.0. The van der Waals surface area contributed by atoms with Crippen LogP contribution < -0.4 is 0 Å². The van der Waals surface area contributed by atoms with Crippen LogP contribution >= 0.6 is 0 Å². The maximum absolute atomic E-state index is 12.6. The van der Waals surface area contributed by atoms with Gasteiger partial charge in [-0.15, -0.1) is 0 Å². The highest BCUT2D eigenvalue weighted by Gasteiger charge is 2.68. The molecule has 0 spiro atoms. The van der Waals surface area contributed by atoms with Crippen LogP contribution in [-0.2, 0) is 42.7 Å². The molecule has 342 valence electrons. The van der Waals surface area contributed by atoms with Crippen LogP contribution in [0.2, 0.25) is 0 Å². The lowest BCUT2D eigenvalue weighted by Gasteiger charge is -2.64. The molecule has 0 aromatic rings. The molecular weight excluding hydrogens is 792 g/mol. The summed E-state index contributed by atoms with van der Waals surface area (Å²) in [5.41, 5.74) is -0.0850. The van der Waals surface area contributed by atoms with Crippen molar-refractivity contribution in [2.75, 3.05) is 26.9 Å². The first-order valence-corrected chi connectivity index (χ1v) is 21.8. The van der Waals surface area contributed by atoms with Crippen LogP contribution in [0.1, 0.15) is 78.6 Å². The number of rotatable bonds is 10. The van der Waals surface area contributed by atoms with Crippen molar-refractivity contribution in [3.05, 3.63) is 11.6 Å². The van der Waals surface area contributed by atoms with E-state index in [4.69, 9.17) is 37.9 Å². The molecule has 4 aliphatic carbocycles. The van der Waals surface area contributed by atoms with Crippen LogP contribution in [0.3, 0.4) is 0 Å². The fraction of sp³-hybridized carbons (Fsp3) is 0.929. The van der Waals surface area contributed by atoms with E-state index in [1.54, 1.807) is 13.0 Å². The molecule has 0 amide bonds. The molecule has 0 bridgehead atoms. The van der Waals surface area contributed by atoms with Crippen molar-refractivity contribution >= 4 is 5.97 Å². The summed E-state index contributed by atoms with van der Waals surface area (Å²) >= 11 is 0. The molecule has 8 rings (SSSR count). The zero-order valence-electron chi connectivity index (χ0n) is 34.8. The van der Waals surface area contributed by atoms with E-state index in [1.807, 2.05) is 0 Å². The second kappa shape index (κ2) is 17.2. The third-order valence-corrected chi connectivity index (χ3v) is 16.5. The van der Waals surface area contributed by atoms with E-state index in [2.05, 4.69) is 13.8 Å². The van der Waals surface area contributed by atoms with Gasteiger partial charge >= 0.3 is 5.97 Å². The van der Waals surface area contributed by atoms with Crippen molar-refractivity contribution in [3.8, 4) is 0 Å². The summed E-state index contributed by atoms with van der Waals surface area (Å²) in [6.07, 6.45) is -11.9. The van der Waals surface area contributed by atoms with Gasteiger partial charge in [-0.3, -0.25) is 0 Å². The molecule has 9 N–H and O–H groups in total. The van der Waals surface area contributed by atoms with Gasteiger partial charge in [-0.1, -0.05) is 13.8 Å². The number of methoxy groups -OCH3 is 1. The lowest BCUT2D eigenvalue weighted by molar-refractivity contribution is -0.367. The number of aliphatic hydroxyl groups is 9. The molecule has 0 radical (unpaired) electrons. The molecule has 4 aliphatic heterocycles. The average Bonchev–Trinajstić information content (AvgIpc) is 3.78. The number of fused-ring (bicyclic) bond motifs is 5. The van der Waals surface area contributed by atoms with Crippen molar-refractivity contribution in [3.63, 3.8) is 0 Å². The van der Waals surface area contributed by atoms with Gasteiger partial charge in [0.05, 0.1) is 31.0 Å². The molecule has 7 fully saturated rings. The smallest absolute Gasteiger partial charge is 0.331 e. The highest BCUT2D eigenvalue weighted by Crippen LogP contribution is 2.70. The lowest BCUT2D eigenvalue weighted by atomic mass is 9.43. The van der Waals surface area contributed by atoms with Crippen LogP contribution in [0.4, 0.5) is 0 Å². The molecule has 18 heteroatoms. The molecule has 0 aromatic heterocycles. The Bertz CT molecular complexity index is 1570. The fourth-order valence-electron chi connectivity index (χ4n) is 13.0. The Hall–Kier alpha value is -1.43. The quantitative estimate of drug-likeness (QED) is 0.0918. The van der Waals surface area contributed by atoms with Crippen LogP contribution in [0.15, 0.2) is 11.6 Å². The van der Waals surface area contributed by atoms with E-state index in [9.17, 15) is 50.8 Å². The first-order chi connectivity index (χ1) is 28.4. The summed E-state index contributed by atoms with van der Waals surface area (Å²) in [7, 11) is 1.39. The van der Waals surface area contributed by atoms with E-state index in [0.29, 0.717) is 18.4 Å². The lowest BCUT2D eigenvalue weighted by Crippen LogP contribution is -2.65. The summed E-state index contributed by atoms with van der Waals surface area (Å²) in [5, 5.41) is 96.6. The van der Waals surface area contributed by atoms with Crippen LogP contribution in [0, 0.1) is 34.5 Å². The number of aliphatic hydroxyl groups excluding tert-OH is 8. The van der Waals surface area contributed by atoms with Gasteiger partial charge < -0.3 is 83.9 Å². The molecule has 3 saturated heterocycles. The van der Waals surface area contributed by atoms with Crippen LogP contribution in [-0.4, -0.2) is 183 Å². The number of carbonyl (C=O) groups is 1. The van der Waals surface area contributed by atoms with E-state index >= 15 is 0 Å². The van der Waals surface area contributed by atoms with Crippen molar-refractivity contribution in [2.45, 2.75) is 182 Å². The molecule has 0 aromatic carbocycles. The second-order valence-electron chi connectivity index (χ2n) is 19.4. The third kappa shape index (κ3) is 7.50. The van der Waals surface area contributed by atoms with Gasteiger partial charge in [-0.05, 0) is 99.4 Å². The van der Waals surface area contributed by atoms with E-state index in [0.717, 1.165) is 63.4 Å². The minimum absolute atomic E-state index is 0.00760. The molecule has 18 nitrogen and oxygen atoms in total. The van der Waals surface area contributed by atoms with Gasteiger partial charge in [0.2, 0.25) is 0 Å². The maximum atomic E-state index is 12.6. The molecule has 60 heavy (non-hydrogen) atoms. The van der Waals surface area contributed by atoms with E-state index in [1.165, 1.54) is 7.11 Å². The van der Waals surface area contributed by atoms with E-state index < -0.39 is 111 Å². The van der Waals surface area contributed by atoms with Gasteiger partial charge in [0.25, 0.3) is 0 Å². The topological polar surface area (TPSA) is 273 Å². The van der Waals surface area contributed by atoms with Crippen LogP contribution in [0.25, 0.3) is 0 Å². The van der Waals surface area contributed by atoms with E-state index in [-0.39, 0.29) is 34.7 Å². The maximum Gasteiger partial charge on any atom is 0.331 e. The average molecular weight is 859 g/mol. The molecule has 4 saturated carbocycles. The number of hydrogen-bond donors (Lipinski definition) is 9. The number of ether oxygens (including phenoxy) is 8. The normalized spacial score (nSPS) is 54.4. The first-order valence-electron chi connectivity index (χ1n) is 21.8. The zero-order chi connectivity index (χ0) is 43.1. The Morgan fingerprint density at radius 2 is 1.42 bits per heavy atom. The van der Waals surface area contributed by atoms with Crippen molar-refractivity contribution in [1.82, 2.24) is 0 Å².